The number of carbonyl (C=O) groups excluding carboxylic acids is 1. The lowest BCUT2D eigenvalue weighted by molar-refractivity contribution is -0.116. The number of aromatic nitrogens is 2. The summed E-state index contributed by atoms with van der Waals surface area (Å²) in [5.74, 6) is -0.103. The van der Waals surface area contributed by atoms with E-state index in [9.17, 15) is 14.9 Å². The minimum atomic E-state index is -0.616. The number of aryl methyl sites for hydroxylation is 2. The second-order valence-electron chi connectivity index (χ2n) is 6.79. The summed E-state index contributed by atoms with van der Waals surface area (Å²) in [6.07, 6.45) is 5.17. The van der Waals surface area contributed by atoms with Gasteiger partial charge in [-0.15, -0.1) is 6.58 Å². The molecule has 0 aliphatic carbocycles. The predicted molar refractivity (Wildman–Crippen MR) is 119 cm³/mol. The Balaban J connectivity index is 2.18. The summed E-state index contributed by atoms with van der Waals surface area (Å²) < 4.78 is 7.30. The van der Waals surface area contributed by atoms with Crippen LogP contribution in [0.15, 0.2) is 65.6 Å². The quantitative estimate of drug-likeness (QED) is 0.362. The Labute approximate surface area is 179 Å². The Morgan fingerprint density at radius 3 is 2.71 bits per heavy atom. The molecule has 1 aromatic carbocycles. The van der Waals surface area contributed by atoms with E-state index in [-0.39, 0.29) is 23.6 Å². The Morgan fingerprint density at radius 1 is 1.32 bits per heavy atom. The standard InChI is InChI=1S/C24H22N4O3/c1-4-12-26-22(29)18(15-25)14-20-23(31-19-10-8-17(5-2)9-11-19)27-21-16(3)7-6-13-28(21)24(20)30/h4,6-11,13-14H,1,5,12H2,2-3H3,(H,26,29)/b18-14+. The lowest BCUT2D eigenvalue weighted by atomic mass is 10.1. The fourth-order valence-corrected chi connectivity index (χ4v) is 2.95. The van der Waals surface area contributed by atoms with Crippen LogP contribution in [0.1, 0.15) is 23.6 Å². The van der Waals surface area contributed by atoms with E-state index in [4.69, 9.17) is 4.74 Å². The first-order valence-corrected chi connectivity index (χ1v) is 9.78. The maximum Gasteiger partial charge on any atom is 0.269 e. The van der Waals surface area contributed by atoms with Crippen LogP contribution in [0.2, 0.25) is 0 Å². The lowest BCUT2D eigenvalue weighted by Gasteiger charge is -2.12. The van der Waals surface area contributed by atoms with Gasteiger partial charge in [-0.2, -0.15) is 10.2 Å². The second-order valence-corrected chi connectivity index (χ2v) is 6.79. The molecular weight excluding hydrogens is 392 g/mol. The highest BCUT2D eigenvalue weighted by atomic mass is 16.5. The number of nitrogens with zero attached hydrogens (tertiary/aromatic N) is 3. The van der Waals surface area contributed by atoms with E-state index >= 15 is 0 Å². The van der Waals surface area contributed by atoms with Gasteiger partial charge in [-0.3, -0.25) is 14.0 Å². The van der Waals surface area contributed by atoms with E-state index in [1.165, 1.54) is 16.6 Å². The van der Waals surface area contributed by atoms with Crippen molar-refractivity contribution < 1.29 is 9.53 Å². The smallest absolute Gasteiger partial charge is 0.269 e. The minimum Gasteiger partial charge on any atom is -0.438 e. The average molecular weight is 414 g/mol. The van der Waals surface area contributed by atoms with Crippen molar-refractivity contribution in [3.05, 3.63) is 87.9 Å². The normalized spacial score (nSPS) is 11.1. The van der Waals surface area contributed by atoms with Gasteiger partial charge in [-0.05, 0) is 48.7 Å². The van der Waals surface area contributed by atoms with E-state index in [1.54, 1.807) is 24.4 Å². The number of hydrogen-bond acceptors (Lipinski definition) is 5. The zero-order chi connectivity index (χ0) is 22.4. The number of pyridine rings is 1. The first-order chi connectivity index (χ1) is 15.0. The molecule has 2 aromatic heterocycles. The topological polar surface area (TPSA) is 96.5 Å². The van der Waals surface area contributed by atoms with Gasteiger partial charge < -0.3 is 10.1 Å². The molecule has 3 aromatic rings. The van der Waals surface area contributed by atoms with Crippen molar-refractivity contribution in [2.75, 3.05) is 6.54 Å². The number of ether oxygens (including phenoxy) is 1. The molecule has 0 atom stereocenters. The Hall–Kier alpha value is -4.18. The van der Waals surface area contributed by atoms with Crippen LogP contribution in [0.5, 0.6) is 11.6 Å². The molecule has 0 aliphatic rings. The van der Waals surface area contributed by atoms with Gasteiger partial charge in [0, 0.05) is 12.7 Å². The summed E-state index contributed by atoms with van der Waals surface area (Å²) in [6.45, 7) is 7.61. The number of hydrogen-bond donors (Lipinski definition) is 1. The third-order valence-corrected chi connectivity index (χ3v) is 4.66. The van der Waals surface area contributed by atoms with Crippen LogP contribution in [0.3, 0.4) is 0 Å². The molecule has 0 spiro atoms. The highest BCUT2D eigenvalue weighted by molar-refractivity contribution is 6.02. The van der Waals surface area contributed by atoms with Crippen LogP contribution in [-0.2, 0) is 11.2 Å². The number of rotatable bonds is 7. The summed E-state index contributed by atoms with van der Waals surface area (Å²) in [4.78, 5) is 30.0. The molecule has 1 amide bonds. The molecule has 0 aliphatic heterocycles. The summed E-state index contributed by atoms with van der Waals surface area (Å²) in [5, 5.41) is 12.0. The predicted octanol–water partition coefficient (Wildman–Crippen LogP) is 3.57. The molecule has 1 N–H and O–H groups in total. The molecule has 0 radical (unpaired) electrons. The van der Waals surface area contributed by atoms with Gasteiger partial charge in [-0.25, -0.2) is 0 Å². The number of benzene rings is 1. The van der Waals surface area contributed by atoms with Crippen LogP contribution < -0.4 is 15.6 Å². The van der Waals surface area contributed by atoms with Crippen LogP contribution in [0, 0.1) is 18.3 Å². The first kappa shape index (κ1) is 21.5. The van der Waals surface area contributed by atoms with Gasteiger partial charge in [-0.1, -0.05) is 31.2 Å². The first-order valence-electron chi connectivity index (χ1n) is 9.78. The number of nitrogens with one attached hydrogen (secondary N) is 1. The SMILES string of the molecule is C=CCNC(=O)/C(C#N)=C/c1c(Oc2ccc(CC)cc2)nc2c(C)cccn2c1=O. The maximum atomic E-state index is 13.2. The molecule has 0 bridgehead atoms. The summed E-state index contributed by atoms with van der Waals surface area (Å²) in [6, 6.07) is 12.8. The molecular formula is C24H22N4O3. The molecule has 156 valence electrons. The van der Waals surface area contributed by atoms with Gasteiger partial charge in [0.2, 0.25) is 5.88 Å². The van der Waals surface area contributed by atoms with E-state index in [2.05, 4.69) is 16.9 Å². The van der Waals surface area contributed by atoms with Gasteiger partial charge in [0.1, 0.15) is 28.6 Å². The van der Waals surface area contributed by atoms with Crippen molar-refractivity contribution in [1.82, 2.24) is 14.7 Å². The van der Waals surface area contributed by atoms with Crippen molar-refractivity contribution in [1.29, 1.82) is 5.26 Å². The van der Waals surface area contributed by atoms with Crippen molar-refractivity contribution >= 4 is 17.6 Å². The summed E-state index contributed by atoms with van der Waals surface area (Å²) >= 11 is 0. The van der Waals surface area contributed by atoms with Crippen LogP contribution in [-0.4, -0.2) is 21.8 Å². The third kappa shape index (κ3) is 4.70. The second kappa shape index (κ2) is 9.55. The molecule has 3 rings (SSSR count). The molecule has 0 fully saturated rings. The molecule has 0 unspecified atom stereocenters. The molecule has 0 saturated heterocycles. The van der Waals surface area contributed by atoms with E-state index in [1.807, 2.05) is 38.1 Å². The largest absolute Gasteiger partial charge is 0.438 e. The van der Waals surface area contributed by atoms with Crippen molar-refractivity contribution in [3.63, 3.8) is 0 Å². The zero-order valence-corrected chi connectivity index (χ0v) is 17.4. The fourth-order valence-electron chi connectivity index (χ4n) is 2.95. The van der Waals surface area contributed by atoms with Gasteiger partial charge in [0.15, 0.2) is 0 Å². The van der Waals surface area contributed by atoms with Crippen LogP contribution in [0.4, 0.5) is 0 Å². The number of carbonyl (C=O) groups is 1. The molecule has 7 nitrogen and oxygen atoms in total. The Bertz CT molecular complexity index is 1260. The average Bonchev–Trinajstić information content (AvgIpc) is 2.78. The number of amides is 1. The summed E-state index contributed by atoms with van der Waals surface area (Å²) in [5.41, 5.74) is 1.68. The highest BCUT2D eigenvalue weighted by Gasteiger charge is 2.17. The van der Waals surface area contributed by atoms with Crippen LogP contribution >= 0.6 is 0 Å². The number of nitriles is 1. The third-order valence-electron chi connectivity index (χ3n) is 4.66. The van der Waals surface area contributed by atoms with E-state index in [0.29, 0.717) is 11.4 Å². The summed E-state index contributed by atoms with van der Waals surface area (Å²) in [7, 11) is 0. The molecule has 2 heterocycles. The van der Waals surface area contributed by atoms with E-state index in [0.717, 1.165) is 17.5 Å². The minimum absolute atomic E-state index is 0.00738. The zero-order valence-electron chi connectivity index (χ0n) is 17.4. The lowest BCUT2D eigenvalue weighted by Crippen LogP contribution is -2.25. The van der Waals surface area contributed by atoms with Gasteiger partial charge in [0.05, 0.1) is 0 Å². The number of fused-ring (bicyclic) bond motifs is 1. The van der Waals surface area contributed by atoms with Gasteiger partial charge >= 0.3 is 0 Å². The molecule has 7 heteroatoms. The fraction of sp³-hybridized carbons (Fsp3) is 0.167. The monoisotopic (exact) mass is 414 g/mol. The molecule has 31 heavy (non-hydrogen) atoms. The molecule has 0 saturated carbocycles. The van der Waals surface area contributed by atoms with Gasteiger partial charge in [0.25, 0.3) is 11.5 Å². The van der Waals surface area contributed by atoms with Crippen molar-refractivity contribution in [2.45, 2.75) is 20.3 Å². The Kier molecular flexibility index (Phi) is 6.63. The maximum absolute atomic E-state index is 13.2. The van der Waals surface area contributed by atoms with Crippen molar-refractivity contribution in [3.8, 4) is 17.7 Å². The highest BCUT2D eigenvalue weighted by Crippen LogP contribution is 2.25. The van der Waals surface area contributed by atoms with Crippen molar-refractivity contribution in [2.24, 2.45) is 0 Å². The van der Waals surface area contributed by atoms with E-state index < -0.39 is 11.5 Å². The van der Waals surface area contributed by atoms with Crippen LogP contribution in [0.25, 0.3) is 11.7 Å². The Morgan fingerprint density at radius 2 is 2.06 bits per heavy atom.